The smallest absolute Gasteiger partial charge is 0.107 e. The average molecular weight is 271 g/mol. The van der Waals surface area contributed by atoms with Crippen LogP contribution in [0.2, 0.25) is 0 Å². The Balaban J connectivity index is 1.86. The molecular weight excluding hydrogens is 250 g/mol. The van der Waals surface area contributed by atoms with E-state index < -0.39 is 0 Å². The Labute approximate surface area is 112 Å². The van der Waals surface area contributed by atoms with Crippen LogP contribution in [0.5, 0.6) is 0 Å². The Morgan fingerprint density at radius 1 is 1.59 bits per heavy atom. The molecular formula is C12H21N3S2. The highest BCUT2D eigenvalue weighted by Crippen LogP contribution is 2.22. The van der Waals surface area contributed by atoms with E-state index in [0.29, 0.717) is 0 Å². The molecule has 1 atom stereocenters. The SMILES string of the molecule is CCC1CN(Cc2csc(CNC)n2)CCS1. The Morgan fingerprint density at radius 2 is 2.47 bits per heavy atom. The molecule has 5 heteroatoms. The first-order valence-corrected chi connectivity index (χ1v) is 8.16. The van der Waals surface area contributed by atoms with E-state index >= 15 is 0 Å². The standard InChI is InChI=1S/C12H21N3S2/c1-3-11-8-15(4-5-16-11)7-10-9-17-12(14-10)6-13-2/h9,11,13H,3-8H2,1-2H3. The van der Waals surface area contributed by atoms with Crippen molar-refractivity contribution in [3.8, 4) is 0 Å². The number of hydrogen-bond acceptors (Lipinski definition) is 5. The van der Waals surface area contributed by atoms with E-state index in [0.717, 1.165) is 18.3 Å². The molecule has 1 aliphatic heterocycles. The summed E-state index contributed by atoms with van der Waals surface area (Å²) < 4.78 is 0. The summed E-state index contributed by atoms with van der Waals surface area (Å²) in [4.78, 5) is 7.20. The molecule has 2 rings (SSSR count). The van der Waals surface area contributed by atoms with E-state index in [1.165, 1.54) is 36.0 Å². The van der Waals surface area contributed by atoms with Crippen molar-refractivity contribution in [1.29, 1.82) is 0 Å². The molecule has 1 saturated heterocycles. The molecule has 17 heavy (non-hydrogen) atoms. The van der Waals surface area contributed by atoms with E-state index in [4.69, 9.17) is 0 Å². The second-order valence-electron chi connectivity index (χ2n) is 4.40. The van der Waals surface area contributed by atoms with Gasteiger partial charge in [0.05, 0.1) is 5.69 Å². The molecule has 1 N–H and O–H groups in total. The summed E-state index contributed by atoms with van der Waals surface area (Å²) >= 11 is 3.89. The summed E-state index contributed by atoms with van der Waals surface area (Å²) in [6.07, 6.45) is 1.28. The number of thioether (sulfide) groups is 1. The first kappa shape index (κ1) is 13.3. The van der Waals surface area contributed by atoms with Crippen LogP contribution in [0, 0.1) is 0 Å². The van der Waals surface area contributed by atoms with Crippen molar-refractivity contribution in [3.05, 3.63) is 16.1 Å². The summed E-state index contributed by atoms with van der Waals surface area (Å²) in [7, 11) is 1.97. The molecule has 1 aromatic heterocycles. The normalized spacial score (nSPS) is 21.9. The van der Waals surface area contributed by atoms with Crippen LogP contribution < -0.4 is 5.32 Å². The third-order valence-corrected chi connectivity index (χ3v) is 5.26. The van der Waals surface area contributed by atoms with E-state index in [1.54, 1.807) is 11.3 Å². The fourth-order valence-electron chi connectivity index (χ4n) is 2.05. The van der Waals surface area contributed by atoms with Crippen LogP contribution >= 0.6 is 23.1 Å². The van der Waals surface area contributed by atoms with E-state index in [2.05, 4.69) is 39.3 Å². The highest BCUT2D eigenvalue weighted by atomic mass is 32.2. The molecule has 0 aliphatic carbocycles. The van der Waals surface area contributed by atoms with Crippen molar-refractivity contribution >= 4 is 23.1 Å². The van der Waals surface area contributed by atoms with Gasteiger partial charge in [0.2, 0.25) is 0 Å². The largest absolute Gasteiger partial charge is 0.314 e. The topological polar surface area (TPSA) is 28.2 Å². The van der Waals surface area contributed by atoms with Gasteiger partial charge in [0.1, 0.15) is 5.01 Å². The average Bonchev–Trinajstić information content (AvgIpc) is 2.77. The second kappa shape index (κ2) is 6.73. The van der Waals surface area contributed by atoms with Crippen LogP contribution in [0.1, 0.15) is 24.0 Å². The number of aromatic nitrogens is 1. The van der Waals surface area contributed by atoms with Gasteiger partial charge in [0.15, 0.2) is 0 Å². The monoisotopic (exact) mass is 271 g/mol. The number of nitrogens with one attached hydrogen (secondary N) is 1. The molecule has 1 fully saturated rings. The molecule has 0 amide bonds. The van der Waals surface area contributed by atoms with Gasteiger partial charge >= 0.3 is 0 Å². The maximum absolute atomic E-state index is 4.65. The lowest BCUT2D eigenvalue weighted by Crippen LogP contribution is -2.37. The second-order valence-corrected chi connectivity index (χ2v) is 6.75. The van der Waals surface area contributed by atoms with Crippen LogP contribution in [0.3, 0.4) is 0 Å². The first-order valence-electron chi connectivity index (χ1n) is 6.23. The Kier molecular flexibility index (Phi) is 5.28. The quantitative estimate of drug-likeness (QED) is 0.888. The fourth-order valence-corrected chi connectivity index (χ4v) is 4.10. The summed E-state index contributed by atoms with van der Waals surface area (Å²) in [5.74, 6) is 1.27. The molecule has 96 valence electrons. The minimum atomic E-state index is 0.819. The predicted octanol–water partition coefficient (Wildman–Crippen LogP) is 2.19. The fraction of sp³-hybridized carbons (Fsp3) is 0.750. The van der Waals surface area contributed by atoms with Gasteiger partial charge in [-0.25, -0.2) is 4.98 Å². The van der Waals surface area contributed by atoms with Crippen LogP contribution in [0.25, 0.3) is 0 Å². The zero-order valence-electron chi connectivity index (χ0n) is 10.6. The lowest BCUT2D eigenvalue weighted by Gasteiger charge is -2.31. The van der Waals surface area contributed by atoms with E-state index in [1.807, 2.05) is 7.05 Å². The summed E-state index contributed by atoms with van der Waals surface area (Å²) in [6, 6.07) is 0. The Hall–Kier alpha value is -0.100. The van der Waals surface area contributed by atoms with Gasteiger partial charge in [-0.1, -0.05) is 6.92 Å². The van der Waals surface area contributed by atoms with Crippen LogP contribution in [-0.4, -0.2) is 41.0 Å². The predicted molar refractivity (Wildman–Crippen MR) is 76.7 cm³/mol. The maximum Gasteiger partial charge on any atom is 0.107 e. The molecule has 3 nitrogen and oxygen atoms in total. The molecule has 2 heterocycles. The number of rotatable bonds is 5. The molecule has 0 spiro atoms. The lowest BCUT2D eigenvalue weighted by atomic mass is 10.3. The lowest BCUT2D eigenvalue weighted by molar-refractivity contribution is 0.270. The van der Waals surface area contributed by atoms with Crippen molar-refractivity contribution in [2.45, 2.75) is 31.7 Å². The number of thiazole rings is 1. The Morgan fingerprint density at radius 3 is 3.24 bits per heavy atom. The first-order chi connectivity index (χ1) is 8.31. The maximum atomic E-state index is 4.65. The highest BCUT2D eigenvalue weighted by molar-refractivity contribution is 8.00. The molecule has 0 bridgehead atoms. The molecule has 0 saturated carbocycles. The molecule has 1 aliphatic rings. The van der Waals surface area contributed by atoms with Gasteiger partial charge in [-0.2, -0.15) is 11.8 Å². The summed E-state index contributed by atoms with van der Waals surface area (Å²) in [6.45, 7) is 6.63. The van der Waals surface area contributed by atoms with E-state index in [9.17, 15) is 0 Å². The van der Waals surface area contributed by atoms with Gasteiger partial charge < -0.3 is 5.32 Å². The Bertz CT molecular complexity index is 340. The number of nitrogens with zero attached hydrogens (tertiary/aromatic N) is 2. The zero-order chi connectivity index (χ0) is 12.1. The van der Waals surface area contributed by atoms with Crippen molar-refractivity contribution in [2.24, 2.45) is 0 Å². The van der Waals surface area contributed by atoms with Gasteiger partial charge in [0, 0.05) is 42.6 Å². The van der Waals surface area contributed by atoms with Crippen LogP contribution in [0.15, 0.2) is 5.38 Å². The molecule has 0 radical (unpaired) electrons. The minimum absolute atomic E-state index is 0.819. The van der Waals surface area contributed by atoms with Crippen molar-refractivity contribution in [1.82, 2.24) is 15.2 Å². The minimum Gasteiger partial charge on any atom is -0.314 e. The van der Waals surface area contributed by atoms with Gasteiger partial charge in [0.25, 0.3) is 0 Å². The summed E-state index contributed by atoms with van der Waals surface area (Å²) in [5, 5.41) is 7.37. The molecule has 0 aromatic carbocycles. The van der Waals surface area contributed by atoms with Crippen LogP contribution in [-0.2, 0) is 13.1 Å². The van der Waals surface area contributed by atoms with Crippen molar-refractivity contribution in [2.75, 3.05) is 25.9 Å². The van der Waals surface area contributed by atoms with Gasteiger partial charge in [-0.15, -0.1) is 11.3 Å². The third-order valence-electron chi connectivity index (χ3n) is 2.99. The summed E-state index contributed by atoms with van der Waals surface area (Å²) in [5.41, 5.74) is 1.24. The number of hydrogen-bond donors (Lipinski definition) is 1. The zero-order valence-corrected chi connectivity index (χ0v) is 12.2. The molecule has 1 aromatic rings. The van der Waals surface area contributed by atoms with Crippen LogP contribution in [0.4, 0.5) is 0 Å². The third kappa shape index (κ3) is 3.95. The van der Waals surface area contributed by atoms with Crippen molar-refractivity contribution < 1.29 is 0 Å². The van der Waals surface area contributed by atoms with Crippen molar-refractivity contribution in [3.63, 3.8) is 0 Å². The molecule has 1 unspecified atom stereocenters. The highest BCUT2D eigenvalue weighted by Gasteiger charge is 2.19. The van der Waals surface area contributed by atoms with E-state index in [-0.39, 0.29) is 0 Å². The van der Waals surface area contributed by atoms with Gasteiger partial charge in [-0.05, 0) is 13.5 Å². The van der Waals surface area contributed by atoms with Gasteiger partial charge in [-0.3, -0.25) is 4.90 Å².